The predicted molar refractivity (Wildman–Crippen MR) is 387 cm³/mol. The molecule has 0 aliphatic carbocycles. The molecule has 0 N–H and O–H groups in total. The van der Waals surface area contributed by atoms with Gasteiger partial charge >= 0.3 is 0 Å². The monoisotopic (exact) mass is 1170 g/mol. The first-order valence-corrected chi connectivity index (χ1v) is 31.2. The van der Waals surface area contributed by atoms with E-state index in [0.717, 1.165) is 11.4 Å². The van der Waals surface area contributed by atoms with Crippen molar-refractivity contribution in [2.75, 3.05) is 0 Å². The number of benzene rings is 9. The number of fused-ring (bicyclic) bond motifs is 2. The summed E-state index contributed by atoms with van der Waals surface area (Å²) in [6.07, 6.45) is 3.74. The molecule has 3 heterocycles. The van der Waals surface area contributed by atoms with Crippen molar-refractivity contribution in [3.05, 3.63) is 341 Å². The second-order valence-electron chi connectivity index (χ2n) is 23.3. The second-order valence-corrected chi connectivity index (χ2v) is 24.8. The van der Waals surface area contributed by atoms with E-state index in [1.165, 1.54) is 131 Å². The first-order valence-electron chi connectivity index (χ1n) is 30.3. The van der Waals surface area contributed by atoms with Crippen LogP contribution in [-0.2, 0) is 0 Å². The Morgan fingerprint density at radius 3 is 0.885 bits per heavy atom. The summed E-state index contributed by atoms with van der Waals surface area (Å²) in [5.41, 5.74) is 26.1. The van der Waals surface area contributed by atoms with E-state index in [-0.39, 0.29) is 0 Å². The first-order chi connectivity index (χ1) is 41.3. The standard InChI is InChI=1S/C14H14.2C12H12.C10H14.2C8H10.2C7H9N.C6H8S/c1-11-8-12(2)10-14(9-11)13-6-4-3-5-7-13;1-9-3-5-12-8-10(2)4-6-11(12)7-9;1-9-7-8-10(2)12-6-4-3-5-11(9)12;1-7-5-9(3)10(4)6-8(7)2;1-7-3-5-8(2)6-4-7;1-7-4-3-5-8(2)6-7;2*1-6-3-4-7(2)8-5-6;1-5-3-4-6(2)7-5/h3-10H,1-2H3;2*3-8H,1-2H3;5-6H,1-4H3;2*3-6H,1-2H3;2*3-5H,1-2H3;3-4H,1-2H3. The summed E-state index contributed by atoms with van der Waals surface area (Å²) >= 11 is 1.84. The fourth-order valence-corrected chi connectivity index (χ4v) is 9.83. The van der Waals surface area contributed by atoms with Crippen molar-refractivity contribution < 1.29 is 0 Å². The average molecular weight is 1170 g/mol. The van der Waals surface area contributed by atoms with Gasteiger partial charge in [-0.15, -0.1) is 11.3 Å². The van der Waals surface area contributed by atoms with E-state index in [4.69, 9.17) is 0 Å². The van der Waals surface area contributed by atoms with Crippen LogP contribution < -0.4 is 0 Å². The molecule has 0 bridgehead atoms. The Hall–Kier alpha value is -8.50. The molecule has 12 rings (SSSR count). The molecule has 0 spiro atoms. The fourth-order valence-electron chi connectivity index (χ4n) is 9.05. The zero-order valence-electron chi connectivity index (χ0n) is 56.2. The van der Waals surface area contributed by atoms with Gasteiger partial charge in [-0.3, -0.25) is 9.97 Å². The van der Waals surface area contributed by atoms with Crippen molar-refractivity contribution in [2.24, 2.45) is 0 Å². The van der Waals surface area contributed by atoms with Gasteiger partial charge in [-0.1, -0.05) is 239 Å². The molecule has 3 heteroatoms. The lowest BCUT2D eigenvalue weighted by molar-refractivity contribution is 1.17. The second kappa shape index (κ2) is 37.1. The van der Waals surface area contributed by atoms with E-state index in [2.05, 4.69) is 321 Å². The smallest absolute Gasteiger partial charge is 0.0372 e. The zero-order chi connectivity index (χ0) is 64.0. The molecule has 9 aromatic carbocycles. The lowest BCUT2D eigenvalue weighted by atomic mass is 10.0. The van der Waals surface area contributed by atoms with Gasteiger partial charge in [0.05, 0.1) is 0 Å². The van der Waals surface area contributed by atoms with Crippen LogP contribution in [0.5, 0.6) is 0 Å². The summed E-state index contributed by atoms with van der Waals surface area (Å²) in [6, 6.07) is 77.0. The summed E-state index contributed by atoms with van der Waals surface area (Å²) in [6.45, 7) is 42.1. The molecule has 0 amide bonds. The highest BCUT2D eigenvalue weighted by molar-refractivity contribution is 7.11. The highest BCUT2D eigenvalue weighted by atomic mass is 32.1. The maximum atomic E-state index is 4.08. The molecule has 0 radical (unpaired) electrons. The van der Waals surface area contributed by atoms with E-state index >= 15 is 0 Å². The molecule has 0 fully saturated rings. The Balaban J connectivity index is 0.000000211. The molecule has 0 atom stereocenters. The lowest BCUT2D eigenvalue weighted by Gasteiger charge is -2.04. The summed E-state index contributed by atoms with van der Waals surface area (Å²) in [5.74, 6) is 0. The number of aromatic nitrogens is 2. The maximum absolute atomic E-state index is 4.08. The number of thiophene rings is 1. The molecular formula is C84H98N2S. The highest BCUT2D eigenvalue weighted by Gasteiger charge is 2.00. The summed E-state index contributed by atoms with van der Waals surface area (Å²) in [4.78, 5) is 11.0. The summed E-state index contributed by atoms with van der Waals surface area (Å²) in [5, 5.41) is 5.41. The molecular weight excluding hydrogens is 1070 g/mol. The number of hydrogen-bond donors (Lipinski definition) is 0. The minimum Gasteiger partial charge on any atom is -0.261 e. The normalized spacial score (nSPS) is 9.84. The van der Waals surface area contributed by atoms with Crippen LogP contribution >= 0.6 is 11.3 Å². The van der Waals surface area contributed by atoms with Crippen molar-refractivity contribution in [1.29, 1.82) is 0 Å². The molecule has 0 saturated heterocycles. The third-order valence-corrected chi connectivity index (χ3v) is 15.3. The summed E-state index contributed by atoms with van der Waals surface area (Å²) in [7, 11) is 0. The lowest BCUT2D eigenvalue weighted by Crippen LogP contribution is -1.86. The van der Waals surface area contributed by atoms with E-state index in [1.54, 1.807) is 0 Å². The van der Waals surface area contributed by atoms with Gasteiger partial charge in [0.1, 0.15) is 0 Å². The number of nitrogens with zero attached hydrogens (tertiary/aromatic N) is 2. The summed E-state index contributed by atoms with van der Waals surface area (Å²) < 4.78 is 0. The van der Waals surface area contributed by atoms with Gasteiger partial charge in [-0.2, -0.15) is 0 Å². The Labute approximate surface area is 530 Å². The third-order valence-electron chi connectivity index (χ3n) is 14.3. The van der Waals surface area contributed by atoms with E-state index in [1.807, 2.05) is 69.6 Å². The molecule has 0 aliphatic heterocycles. The molecule has 0 saturated carbocycles. The molecule has 12 aromatic rings. The van der Waals surface area contributed by atoms with Gasteiger partial charge in [0.2, 0.25) is 0 Å². The van der Waals surface area contributed by atoms with Crippen molar-refractivity contribution in [2.45, 2.75) is 138 Å². The zero-order valence-corrected chi connectivity index (χ0v) is 57.1. The molecule has 450 valence electrons. The highest BCUT2D eigenvalue weighted by Crippen LogP contribution is 2.23. The fraction of sp³-hybridized carbons (Fsp3) is 0.238. The number of hydrogen-bond acceptors (Lipinski definition) is 3. The Morgan fingerprint density at radius 2 is 0.563 bits per heavy atom. The number of rotatable bonds is 1. The largest absolute Gasteiger partial charge is 0.261 e. The predicted octanol–water partition coefficient (Wildman–Crippen LogP) is 24.2. The SMILES string of the molecule is Cc1cc(C)c(C)cc1C.Cc1cc(C)cc(-c2ccccc2)c1.Cc1ccc(C)c2ccccc12.Cc1ccc(C)cc1.Cc1ccc(C)nc1.Cc1ccc(C)nc1.Cc1ccc(C)s1.Cc1ccc2cc(C)ccc2c1.Cc1cccc(C)c1. The van der Waals surface area contributed by atoms with E-state index in [9.17, 15) is 0 Å². The quantitative estimate of drug-likeness (QED) is 0.164. The van der Waals surface area contributed by atoms with Gasteiger partial charge in [0.25, 0.3) is 0 Å². The van der Waals surface area contributed by atoms with Gasteiger partial charge < -0.3 is 0 Å². The Kier molecular flexibility index (Phi) is 30.3. The number of pyridine rings is 2. The minimum atomic E-state index is 1.08. The topological polar surface area (TPSA) is 25.8 Å². The van der Waals surface area contributed by atoms with Crippen LogP contribution in [0.4, 0.5) is 0 Å². The van der Waals surface area contributed by atoms with Crippen LogP contribution in [0.2, 0.25) is 0 Å². The average Bonchev–Trinajstić information content (AvgIpc) is 2.67. The number of aryl methyl sites for hydroxylation is 20. The van der Waals surface area contributed by atoms with Crippen molar-refractivity contribution in [3.8, 4) is 11.1 Å². The van der Waals surface area contributed by atoms with Crippen molar-refractivity contribution >= 4 is 32.9 Å². The molecule has 87 heavy (non-hydrogen) atoms. The van der Waals surface area contributed by atoms with Crippen LogP contribution in [0, 0.1) is 138 Å². The Morgan fingerprint density at radius 1 is 0.218 bits per heavy atom. The van der Waals surface area contributed by atoms with E-state index in [0.29, 0.717) is 0 Å². The van der Waals surface area contributed by atoms with Crippen LogP contribution in [0.1, 0.15) is 110 Å². The van der Waals surface area contributed by atoms with Crippen LogP contribution in [0.25, 0.3) is 32.7 Å². The van der Waals surface area contributed by atoms with Gasteiger partial charge in [-0.05, 0) is 240 Å². The third kappa shape index (κ3) is 27.6. The molecule has 3 aromatic heterocycles. The van der Waals surface area contributed by atoms with E-state index < -0.39 is 0 Å². The maximum Gasteiger partial charge on any atom is 0.0372 e. The van der Waals surface area contributed by atoms with Gasteiger partial charge in [0.15, 0.2) is 0 Å². The van der Waals surface area contributed by atoms with Gasteiger partial charge in [-0.25, -0.2) is 0 Å². The van der Waals surface area contributed by atoms with Crippen LogP contribution in [-0.4, -0.2) is 9.97 Å². The molecule has 0 unspecified atom stereocenters. The Bertz CT molecular complexity index is 3590. The molecule has 0 aliphatic rings. The first kappa shape index (κ1) is 71.0. The van der Waals surface area contributed by atoms with Crippen LogP contribution in [0.15, 0.2) is 231 Å². The van der Waals surface area contributed by atoms with Gasteiger partial charge in [0, 0.05) is 33.5 Å². The minimum absolute atomic E-state index is 1.08. The molecule has 2 nitrogen and oxygen atoms in total. The van der Waals surface area contributed by atoms with Crippen molar-refractivity contribution in [1.82, 2.24) is 9.97 Å². The van der Waals surface area contributed by atoms with Crippen LogP contribution in [0.3, 0.4) is 0 Å². The van der Waals surface area contributed by atoms with Crippen molar-refractivity contribution in [3.63, 3.8) is 0 Å².